The normalized spacial score (nSPS) is 13.4. The fourth-order valence-corrected chi connectivity index (χ4v) is 6.14. The Morgan fingerprint density at radius 1 is 1.25 bits per heavy atom. The van der Waals surface area contributed by atoms with Crippen molar-refractivity contribution in [1.29, 1.82) is 0 Å². The summed E-state index contributed by atoms with van der Waals surface area (Å²) < 4.78 is 21.3. The van der Waals surface area contributed by atoms with E-state index in [1.165, 1.54) is 34.7 Å². The Labute approximate surface area is 192 Å². The molecule has 7 nitrogen and oxygen atoms in total. The van der Waals surface area contributed by atoms with Crippen molar-refractivity contribution in [3.8, 4) is 5.75 Å². The minimum absolute atomic E-state index is 0.0547. The third-order valence-corrected chi connectivity index (χ3v) is 7.68. The zero-order valence-corrected chi connectivity index (χ0v) is 19.2. The highest BCUT2D eigenvalue weighted by Gasteiger charge is 2.20. The first-order valence-electron chi connectivity index (χ1n) is 10.6. The molecule has 0 aliphatic heterocycles. The second kappa shape index (κ2) is 9.03. The first-order valence-corrected chi connectivity index (χ1v) is 12.4. The van der Waals surface area contributed by atoms with Gasteiger partial charge in [-0.2, -0.15) is 0 Å². The van der Waals surface area contributed by atoms with Gasteiger partial charge in [-0.15, -0.1) is 21.5 Å². The van der Waals surface area contributed by atoms with Crippen LogP contribution >= 0.6 is 23.1 Å². The molecular weight excluding hydrogens is 449 g/mol. The lowest BCUT2D eigenvalue weighted by molar-refractivity contribution is 0.274. The molecule has 4 aromatic rings. The summed E-state index contributed by atoms with van der Waals surface area (Å²) in [4.78, 5) is 22.5. The fourth-order valence-electron chi connectivity index (χ4n) is 3.96. The summed E-state index contributed by atoms with van der Waals surface area (Å²) in [6.45, 7) is 2.75. The van der Waals surface area contributed by atoms with E-state index in [0.717, 1.165) is 29.5 Å². The Hall–Kier alpha value is -2.72. The van der Waals surface area contributed by atoms with Crippen molar-refractivity contribution in [2.75, 3.05) is 0 Å². The number of nitrogens with zero attached hydrogens (tertiary/aromatic N) is 4. The number of aromatic nitrogens is 5. The van der Waals surface area contributed by atoms with Crippen LogP contribution in [0.2, 0.25) is 0 Å². The van der Waals surface area contributed by atoms with Crippen molar-refractivity contribution in [3.63, 3.8) is 0 Å². The maximum atomic E-state index is 13.8. The van der Waals surface area contributed by atoms with Gasteiger partial charge >= 0.3 is 0 Å². The summed E-state index contributed by atoms with van der Waals surface area (Å²) in [5, 5.41) is 9.94. The van der Waals surface area contributed by atoms with Crippen molar-refractivity contribution in [1.82, 2.24) is 24.7 Å². The SMILES string of the molecule is CCn1c(COc2ccccc2F)nnc1SCc1nc2sc3c(c2c(=O)[nH]1)CCCC3. The van der Waals surface area contributed by atoms with Crippen LogP contribution in [0.3, 0.4) is 0 Å². The number of nitrogens with one attached hydrogen (secondary N) is 1. The number of rotatable bonds is 7. The summed E-state index contributed by atoms with van der Waals surface area (Å²) in [6.07, 6.45) is 4.31. The molecule has 32 heavy (non-hydrogen) atoms. The monoisotopic (exact) mass is 471 g/mol. The number of hydrogen-bond donors (Lipinski definition) is 1. The lowest BCUT2D eigenvalue weighted by atomic mass is 9.97. The van der Waals surface area contributed by atoms with Crippen LogP contribution in [-0.2, 0) is 31.7 Å². The Morgan fingerprint density at radius 2 is 2.09 bits per heavy atom. The Bertz CT molecular complexity index is 1330. The molecule has 0 saturated heterocycles. The molecule has 0 bridgehead atoms. The lowest BCUT2D eigenvalue weighted by Gasteiger charge is -2.10. The largest absolute Gasteiger partial charge is 0.483 e. The highest BCUT2D eigenvalue weighted by Crippen LogP contribution is 2.34. The second-order valence-corrected chi connectivity index (χ2v) is 9.58. The molecule has 166 valence electrons. The molecule has 1 aromatic carbocycles. The maximum absolute atomic E-state index is 13.8. The molecule has 10 heteroatoms. The highest BCUT2D eigenvalue weighted by molar-refractivity contribution is 7.98. The molecule has 0 fully saturated rings. The molecule has 0 amide bonds. The number of fused-ring (bicyclic) bond motifs is 3. The molecule has 0 spiro atoms. The molecule has 3 heterocycles. The summed E-state index contributed by atoms with van der Waals surface area (Å²) in [5.41, 5.74) is 1.13. The smallest absolute Gasteiger partial charge is 0.259 e. The minimum atomic E-state index is -0.412. The van der Waals surface area contributed by atoms with Gasteiger partial charge in [0.05, 0.1) is 11.1 Å². The number of thioether (sulfide) groups is 1. The van der Waals surface area contributed by atoms with Crippen molar-refractivity contribution in [2.45, 2.75) is 56.7 Å². The summed E-state index contributed by atoms with van der Waals surface area (Å²) in [5.74, 6) is 1.48. The zero-order valence-electron chi connectivity index (χ0n) is 17.6. The van der Waals surface area contributed by atoms with E-state index >= 15 is 0 Å². The van der Waals surface area contributed by atoms with Crippen LogP contribution < -0.4 is 10.3 Å². The third-order valence-electron chi connectivity index (χ3n) is 5.52. The van der Waals surface area contributed by atoms with Gasteiger partial charge < -0.3 is 14.3 Å². The third kappa shape index (κ3) is 4.04. The van der Waals surface area contributed by atoms with Crippen LogP contribution in [0.1, 0.15) is 41.9 Å². The Kier molecular flexibility index (Phi) is 5.97. The van der Waals surface area contributed by atoms with E-state index in [0.29, 0.717) is 29.1 Å². The first-order chi connectivity index (χ1) is 15.6. The van der Waals surface area contributed by atoms with Gasteiger partial charge in [-0.25, -0.2) is 9.37 Å². The lowest BCUT2D eigenvalue weighted by Crippen LogP contribution is -2.12. The van der Waals surface area contributed by atoms with E-state index < -0.39 is 5.82 Å². The molecule has 1 N–H and O–H groups in total. The molecule has 0 radical (unpaired) electrons. The number of aromatic amines is 1. The standard InChI is InChI=1S/C22H22FN5O2S2/c1-2-28-18(11-30-15-9-5-4-8-14(15)23)26-27-22(28)31-12-17-24-20(29)19-13-7-3-6-10-16(13)32-21(19)25-17/h4-5,8-9H,2-3,6-7,10-12H2,1H3,(H,24,25,29). The number of thiophene rings is 1. The predicted molar refractivity (Wildman–Crippen MR) is 123 cm³/mol. The molecular formula is C22H22FN5O2S2. The van der Waals surface area contributed by atoms with Crippen molar-refractivity contribution in [2.24, 2.45) is 0 Å². The second-order valence-electron chi connectivity index (χ2n) is 7.55. The van der Waals surface area contributed by atoms with Gasteiger partial charge in [-0.1, -0.05) is 23.9 Å². The number of halogens is 1. The summed E-state index contributed by atoms with van der Waals surface area (Å²) >= 11 is 3.10. The van der Waals surface area contributed by atoms with Gasteiger partial charge in [-0.3, -0.25) is 4.79 Å². The fraction of sp³-hybridized carbons (Fsp3) is 0.364. The number of H-pyrrole nitrogens is 1. The number of benzene rings is 1. The van der Waals surface area contributed by atoms with Crippen LogP contribution in [0.5, 0.6) is 5.75 Å². The highest BCUT2D eigenvalue weighted by atomic mass is 32.2. The van der Waals surface area contributed by atoms with E-state index in [4.69, 9.17) is 9.72 Å². The summed E-state index contributed by atoms with van der Waals surface area (Å²) in [7, 11) is 0. The van der Waals surface area contributed by atoms with Crippen molar-refractivity contribution < 1.29 is 9.13 Å². The number of para-hydroxylation sites is 1. The quantitative estimate of drug-likeness (QED) is 0.400. The van der Waals surface area contributed by atoms with Gasteiger partial charge in [0.15, 0.2) is 22.5 Å². The van der Waals surface area contributed by atoms with E-state index in [1.807, 2.05) is 11.5 Å². The van der Waals surface area contributed by atoms with Crippen LogP contribution in [-0.4, -0.2) is 24.7 Å². The molecule has 3 aromatic heterocycles. The van der Waals surface area contributed by atoms with Crippen molar-refractivity contribution >= 4 is 33.3 Å². The average Bonchev–Trinajstić information content (AvgIpc) is 3.37. The minimum Gasteiger partial charge on any atom is -0.483 e. The van der Waals surface area contributed by atoms with Gasteiger partial charge in [0.2, 0.25) is 0 Å². The van der Waals surface area contributed by atoms with Gasteiger partial charge in [0, 0.05) is 11.4 Å². The van der Waals surface area contributed by atoms with E-state index in [1.54, 1.807) is 29.5 Å². The van der Waals surface area contributed by atoms with Crippen LogP contribution in [0.4, 0.5) is 4.39 Å². The summed E-state index contributed by atoms with van der Waals surface area (Å²) in [6, 6.07) is 6.28. The Morgan fingerprint density at radius 3 is 2.94 bits per heavy atom. The van der Waals surface area contributed by atoms with Crippen LogP contribution in [0, 0.1) is 5.82 Å². The molecule has 1 aliphatic rings. The zero-order chi connectivity index (χ0) is 22.1. The number of hydrogen-bond acceptors (Lipinski definition) is 7. The van der Waals surface area contributed by atoms with Crippen LogP contribution in [0.15, 0.2) is 34.2 Å². The maximum Gasteiger partial charge on any atom is 0.259 e. The number of aryl methyl sites for hydroxylation is 2. The topological polar surface area (TPSA) is 85.7 Å². The van der Waals surface area contributed by atoms with Gasteiger partial charge in [-0.05, 0) is 50.3 Å². The molecule has 0 unspecified atom stereocenters. The van der Waals surface area contributed by atoms with Crippen molar-refractivity contribution in [3.05, 3.63) is 62.5 Å². The van der Waals surface area contributed by atoms with E-state index in [9.17, 15) is 9.18 Å². The van der Waals surface area contributed by atoms with Crippen LogP contribution in [0.25, 0.3) is 10.2 Å². The van der Waals surface area contributed by atoms with Gasteiger partial charge in [0.25, 0.3) is 5.56 Å². The Balaban J connectivity index is 1.32. The molecule has 1 aliphatic carbocycles. The predicted octanol–water partition coefficient (Wildman–Crippen LogP) is 4.49. The number of ether oxygens (including phenoxy) is 1. The van der Waals surface area contributed by atoms with E-state index in [-0.39, 0.29) is 17.9 Å². The van der Waals surface area contributed by atoms with Gasteiger partial charge in [0.1, 0.15) is 17.3 Å². The first kappa shape index (κ1) is 21.1. The molecule has 0 atom stereocenters. The molecule has 0 saturated carbocycles. The average molecular weight is 472 g/mol. The molecule has 5 rings (SSSR count). The van der Waals surface area contributed by atoms with E-state index in [2.05, 4.69) is 15.2 Å².